The van der Waals surface area contributed by atoms with Gasteiger partial charge in [0.25, 0.3) is 0 Å². The number of ether oxygens (including phenoxy) is 1. The first kappa shape index (κ1) is 38.0. The Morgan fingerprint density at radius 2 is 1.00 bits per heavy atom. The summed E-state index contributed by atoms with van der Waals surface area (Å²) in [5.74, 6) is 0.286. The van der Waals surface area contributed by atoms with Crippen molar-refractivity contribution in [2.75, 3.05) is 30.0 Å². The zero-order chi connectivity index (χ0) is 32.6. The smallest absolute Gasteiger partial charge is 0.397 e. The molecule has 5 aromatic rings. The van der Waals surface area contributed by atoms with Crippen molar-refractivity contribution in [3.63, 3.8) is 0 Å². The van der Waals surface area contributed by atoms with Crippen LogP contribution >= 0.6 is 0 Å². The number of guanidine groups is 1. The van der Waals surface area contributed by atoms with E-state index in [0.717, 1.165) is 46.7 Å². The van der Waals surface area contributed by atoms with Gasteiger partial charge < -0.3 is 19.9 Å². The number of nitrogens with zero attached hydrogens (tertiary/aromatic N) is 3. The van der Waals surface area contributed by atoms with Crippen LogP contribution in [0.15, 0.2) is 127 Å². The van der Waals surface area contributed by atoms with Gasteiger partial charge in [0, 0.05) is 13.1 Å². The van der Waals surface area contributed by atoms with Crippen molar-refractivity contribution >= 4 is 17.3 Å². The molecule has 0 unspecified atom stereocenters. The molecule has 5 aromatic carbocycles. The summed E-state index contributed by atoms with van der Waals surface area (Å²) in [5, 5.41) is 10.9. The van der Waals surface area contributed by atoms with Crippen LogP contribution in [0.3, 0.4) is 0 Å². The first-order valence-electron chi connectivity index (χ1n) is 15.1. The van der Waals surface area contributed by atoms with Gasteiger partial charge in [-0.2, -0.15) is 73.9 Å². The van der Waals surface area contributed by atoms with Crippen molar-refractivity contribution in [3.05, 3.63) is 193 Å². The zero-order valence-corrected chi connectivity index (χ0v) is 31.2. The number of anilines is 2. The van der Waals surface area contributed by atoms with Crippen LogP contribution in [0.2, 0.25) is 0 Å². The number of hydrogen-bond acceptors (Lipinski definition) is 1. The Bertz CT molecular complexity index is 1480. The Hall–Kier alpha value is -4.19. The molecular formula is C41H45HfN3O. The minimum absolute atomic E-state index is 0. The molecule has 0 amide bonds. The van der Waals surface area contributed by atoms with Crippen molar-refractivity contribution in [2.45, 2.75) is 27.4 Å². The van der Waals surface area contributed by atoms with Crippen molar-refractivity contribution in [1.29, 1.82) is 0 Å². The molecule has 0 aromatic heterocycles. The number of aryl methyl sites for hydroxylation is 3. The van der Waals surface area contributed by atoms with E-state index < -0.39 is 0 Å². The monoisotopic (exact) mass is 775 g/mol. The Labute approximate surface area is 296 Å². The van der Waals surface area contributed by atoms with E-state index >= 15 is 0 Å². The largest absolute Gasteiger partial charge is 4.00 e. The molecule has 5 heteroatoms. The third-order valence-electron chi connectivity index (χ3n) is 7.05. The van der Waals surface area contributed by atoms with Crippen molar-refractivity contribution in [3.8, 4) is 0 Å². The van der Waals surface area contributed by atoms with E-state index in [1.54, 1.807) is 7.11 Å². The molecule has 0 aliphatic carbocycles. The third kappa shape index (κ3) is 12.0. The van der Waals surface area contributed by atoms with E-state index in [0.29, 0.717) is 6.61 Å². The van der Waals surface area contributed by atoms with Gasteiger partial charge in [0.1, 0.15) is 0 Å². The third-order valence-corrected chi connectivity index (χ3v) is 7.05. The van der Waals surface area contributed by atoms with Gasteiger partial charge in [-0.15, -0.1) is 36.4 Å². The molecule has 1 saturated heterocycles. The van der Waals surface area contributed by atoms with Gasteiger partial charge in [-0.1, -0.05) is 60.2 Å². The molecule has 6 rings (SSSR count). The van der Waals surface area contributed by atoms with Crippen molar-refractivity contribution in [1.82, 2.24) is 0 Å². The molecule has 0 radical (unpaired) electrons. The van der Waals surface area contributed by atoms with Gasteiger partial charge in [0.2, 0.25) is 0 Å². The van der Waals surface area contributed by atoms with Crippen LogP contribution in [-0.4, -0.2) is 26.2 Å². The second-order valence-corrected chi connectivity index (χ2v) is 10.9. The summed E-state index contributed by atoms with van der Waals surface area (Å²) in [6, 6.07) is 42.0. The Morgan fingerprint density at radius 1 is 0.609 bits per heavy atom. The van der Waals surface area contributed by atoms with E-state index in [2.05, 4.69) is 53.7 Å². The van der Waals surface area contributed by atoms with Crippen LogP contribution in [0.4, 0.5) is 11.4 Å². The molecule has 46 heavy (non-hydrogen) atoms. The normalized spacial score (nSPS) is 11.5. The molecular weight excluding hydrogens is 729 g/mol. The molecule has 0 saturated carbocycles. The Balaban J connectivity index is 0.000000270. The standard InChI is InChI=1S/C20H24N3O.3C7H7.Hf/c1-14-11-15(2)19(16(3)12-14)23-10-9-22(20(23)21)18-8-6-5-7-17(18)13-24-4;3*1-7-5-3-2-4-6-7;/h5-8,11-12H,9-10,13H2,1-4H3;3*2-6H,1H2;/q4*-1;+4. The summed E-state index contributed by atoms with van der Waals surface area (Å²) >= 11 is 0. The molecule has 4 nitrogen and oxygen atoms in total. The van der Waals surface area contributed by atoms with E-state index in [4.69, 9.17) is 4.74 Å². The van der Waals surface area contributed by atoms with Crippen molar-refractivity contribution in [2.24, 2.45) is 0 Å². The second kappa shape index (κ2) is 20.0. The first-order chi connectivity index (χ1) is 21.7. The molecule has 1 fully saturated rings. The zero-order valence-electron chi connectivity index (χ0n) is 27.6. The molecule has 0 spiro atoms. The maximum Gasteiger partial charge on any atom is 4.00 e. The summed E-state index contributed by atoms with van der Waals surface area (Å²) < 4.78 is 5.30. The van der Waals surface area contributed by atoms with Crippen molar-refractivity contribution < 1.29 is 30.6 Å². The summed E-state index contributed by atoms with van der Waals surface area (Å²) in [4.78, 5) is 3.97. The molecule has 0 N–H and O–H groups in total. The molecule has 0 bridgehead atoms. The fourth-order valence-corrected chi connectivity index (χ4v) is 5.07. The molecule has 234 valence electrons. The van der Waals surface area contributed by atoms with Gasteiger partial charge in [0.15, 0.2) is 0 Å². The van der Waals surface area contributed by atoms with Gasteiger partial charge in [0.05, 0.1) is 6.61 Å². The maximum atomic E-state index is 10.9. The molecule has 1 aliphatic rings. The van der Waals surface area contributed by atoms with Crippen LogP contribution in [-0.2, 0) is 37.2 Å². The first-order valence-corrected chi connectivity index (χ1v) is 15.1. The van der Waals surface area contributed by atoms with Crippen LogP contribution < -0.4 is 9.80 Å². The predicted molar refractivity (Wildman–Crippen MR) is 194 cm³/mol. The number of hydrogen-bond donors (Lipinski definition) is 0. The molecule has 0 atom stereocenters. The number of benzene rings is 5. The average Bonchev–Trinajstić information content (AvgIpc) is 3.39. The van der Waals surface area contributed by atoms with Gasteiger partial charge in [-0.25, -0.2) is 0 Å². The average molecular weight is 774 g/mol. The number of methoxy groups -OCH3 is 1. The fourth-order valence-electron chi connectivity index (χ4n) is 5.07. The SMILES string of the molecule is COCc1ccccc1N1CCN(c2c(C)cc(C)cc2C)C1=[N-].[CH2-]c1ccccc1.[CH2-]c1ccccc1.[CH2-]c1ccccc1.[Hf+4]. The van der Waals surface area contributed by atoms with Gasteiger partial charge in [-0.3, -0.25) is 0 Å². The number of para-hydroxylation sites is 1. The second-order valence-electron chi connectivity index (χ2n) is 10.9. The van der Waals surface area contributed by atoms with Crippen LogP contribution in [0.1, 0.15) is 38.9 Å². The van der Waals surface area contributed by atoms with E-state index in [-0.39, 0.29) is 31.8 Å². The summed E-state index contributed by atoms with van der Waals surface area (Å²) in [5.41, 5.74) is 10.0. The Morgan fingerprint density at radius 3 is 1.39 bits per heavy atom. The fraction of sp³-hybridized carbons (Fsp3) is 0.171. The molecule has 1 heterocycles. The van der Waals surface area contributed by atoms with Gasteiger partial charge >= 0.3 is 25.8 Å². The molecule has 1 aliphatic heterocycles. The van der Waals surface area contributed by atoms with Crippen LogP contribution in [0, 0.1) is 41.5 Å². The minimum Gasteiger partial charge on any atom is -0.397 e. The van der Waals surface area contributed by atoms with Crippen LogP contribution in [0.5, 0.6) is 0 Å². The van der Waals surface area contributed by atoms with E-state index in [1.165, 1.54) is 16.7 Å². The predicted octanol–water partition coefficient (Wildman–Crippen LogP) is 9.61. The summed E-state index contributed by atoms with van der Waals surface area (Å²) in [6.45, 7) is 19.5. The maximum absolute atomic E-state index is 10.9. The topological polar surface area (TPSA) is 38.0 Å². The minimum atomic E-state index is 0. The number of rotatable bonds is 4. The van der Waals surface area contributed by atoms with Gasteiger partial charge in [-0.05, 0) is 61.9 Å². The Kier molecular flexibility index (Phi) is 16.6. The quantitative estimate of drug-likeness (QED) is 0.135. The van der Waals surface area contributed by atoms with E-state index in [9.17, 15) is 5.41 Å². The summed E-state index contributed by atoms with van der Waals surface area (Å²) in [6.07, 6.45) is 0. The summed E-state index contributed by atoms with van der Waals surface area (Å²) in [7, 11) is 1.69. The van der Waals surface area contributed by atoms with E-state index in [1.807, 2.05) is 125 Å². The van der Waals surface area contributed by atoms with Crippen LogP contribution in [0.25, 0.3) is 5.41 Å².